The number of anilines is 2. The highest BCUT2D eigenvalue weighted by Gasteiger charge is 2.32. The van der Waals surface area contributed by atoms with E-state index in [2.05, 4.69) is 66.3 Å². The number of hydrogen-bond donors (Lipinski definition) is 0. The second-order valence-corrected chi connectivity index (χ2v) is 12.7. The van der Waals surface area contributed by atoms with E-state index in [0.717, 1.165) is 64.3 Å². The fraction of sp³-hybridized carbons (Fsp3) is 0.308. The fourth-order valence-electron chi connectivity index (χ4n) is 6.20. The Morgan fingerprint density at radius 1 is 0.913 bits per heavy atom. The van der Waals surface area contributed by atoms with Crippen molar-refractivity contribution in [3.05, 3.63) is 137 Å². The van der Waals surface area contributed by atoms with Crippen LogP contribution in [0.3, 0.4) is 0 Å². The van der Waals surface area contributed by atoms with Crippen LogP contribution in [0, 0.1) is 0 Å². The number of carbonyl (C=O) groups is 1. The molecule has 0 aliphatic heterocycles. The summed E-state index contributed by atoms with van der Waals surface area (Å²) in [6.07, 6.45) is 8.38. The number of pyridine rings is 1. The molecule has 0 saturated heterocycles. The Balaban J connectivity index is 1.26. The summed E-state index contributed by atoms with van der Waals surface area (Å²) in [5, 5.41) is 4.67. The number of fused-ring (bicyclic) bond motifs is 1. The van der Waals surface area contributed by atoms with E-state index < -0.39 is 0 Å². The average molecular weight is 614 g/mol. The number of nitrogens with zero attached hydrogens (tertiary/aromatic N) is 5. The summed E-state index contributed by atoms with van der Waals surface area (Å²) < 4.78 is 8.26. The molecule has 5 aromatic rings. The van der Waals surface area contributed by atoms with E-state index >= 15 is 0 Å². The van der Waals surface area contributed by atoms with Gasteiger partial charge in [0.1, 0.15) is 12.4 Å². The number of hydrogen-bond acceptors (Lipinski definition) is 5. The zero-order chi connectivity index (χ0) is 32.0. The summed E-state index contributed by atoms with van der Waals surface area (Å²) >= 11 is 0. The molecule has 46 heavy (non-hydrogen) atoms. The summed E-state index contributed by atoms with van der Waals surface area (Å²) in [4.78, 5) is 23.3. The van der Waals surface area contributed by atoms with Crippen LogP contribution in [0.4, 0.5) is 11.4 Å². The molecule has 7 heteroatoms. The molecule has 0 saturated carbocycles. The van der Waals surface area contributed by atoms with Crippen molar-refractivity contribution in [1.82, 2.24) is 14.8 Å². The summed E-state index contributed by atoms with van der Waals surface area (Å²) in [5.41, 5.74) is 8.43. The zero-order valence-electron chi connectivity index (χ0n) is 27.3. The first-order chi connectivity index (χ1) is 22.4. The maximum atomic E-state index is 14.6. The van der Waals surface area contributed by atoms with Crippen molar-refractivity contribution in [2.45, 2.75) is 64.6 Å². The van der Waals surface area contributed by atoms with Crippen LogP contribution in [0.5, 0.6) is 5.75 Å². The lowest BCUT2D eigenvalue weighted by Crippen LogP contribution is -2.36. The molecular formula is C39H43N5O2. The molecule has 1 unspecified atom stereocenters. The third kappa shape index (κ3) is 7.15. The predicted octanol–water partition coefficient (Wildman–Crippen LogP) is 7.75. The normalized spacial score (nSPS) is 14.2. The Morgan fingerprint density at radius 2 is 1.72 bits per heavy atom. The van der Waals surface area contributed by atoms with Crippen LogP contribution in [-0.4, -0.2) is 34.8 Å². The van der Waals surface area contributed by atoms with Gasteiger partial charge in [-0.25, -0.2) is 0 Å². The molecule has 1 amide bonds. The molecule has 0 radical (unpaired) electrons. The Morgan fingerprint density at radius 3 is 2.48 bits per heavy atom. The van der Waals surface area contributed by atoms with E-state index in [-0.39, 0.29) is 11.8 Å². The van der Waals surface area contributed by atoms with E-state index in [9.17, 15) is 4.79 Å². The minimum atomic E-state index is -0.266. The van der Waals surface area contributed by atoms with E-state index in [0.29, 0.717) is 25.6 Å². The molecule has 2 heterocycles. The SMILES string of the molecule is CC(C)c1ccc(N(Cc2cnn(Cc3cccc(N(C)C)c3)c2)C(=O)C2CCCc3c(OCc4ccccc4)cccc32)cn1. The molecule has 1 aliphatic rings. The zero-order valence-corrected chi connectivity index (χ0v) is 27.3. The van der Waals surface area contributed by atoms with Gasteiger partial charge in [-0.05, 0) is 77.8 Å². The van der Waals surface area contributed by atoms with Crippen LogP contribution < -0.4 is 14.5 Å². The summed E-state index contributed by atoms with van der Waals surface area (Å²) in [6.45, 7) is 5.82. The highest BCUT2D eigenvalue weighted by Crippen LogP contribution is 2.39. The van der Waals surface area contributed by atoms with Gasteiger partial charge in [0.2, 0.25) is 5.91 Å². The van der Waals surface area contributed by atoms with Gasteiger partial charge in [-0.2, -0.15) is 5.10 Å². The van der Waals surface area contributed by atoms with Gasteiger partial charge in [0.15, 0.2) is 0 Å². The highest BCUT2D eigenvalue weighted by molar-refractivity contribution is 5.98. The topological polar surface area (TPSA) is 63.5 Å². The van der Waals surface area contributed by atoms with E-state index in [1.165, 1.54) is 5.56 Å². The van der Waals surface area contributed by atoms with Crippen molar-refractivity contribution in [2.75, 3.05) is 23.9 Å². The van der Waals surface area contributed by atoms with Crippen LogP contribution in [0.15, 0.2) is 104 Å². The van der Waals surface area contributed by atoms with Crippen LogP contribution in [0.25, 0.3) is 0 Å². The molecule has 0 fully saturated rings. The lowest BCUT2D eigenvalue weighted by molar-refractivity contribution is -0.120. The third-order valence-corrected chi connectivity index (χ3v) is 8.74. The number of ether oxygens (including phenoxy) is 1. The first-order valence-corrected chi connectivity index (χ1v) is 16.2. The lowest BCUT2D eigenvalue weighted by atomic mass is 9.81. The van der Waals surface area contributed by atoms with E-state index in [1.807, 2.05) is 84.7 Å². The largest absolute Gasteiger partial charge is 0.489 e. The smallest absolute Gasteiger partial charge is 0.234 e. The Kier molecular flexibility index (Phi) is 9.48. The monoisotopic (exact) mass is 613 g/mol. The van der Waals surface area contributed by atoms with Crippen molar-refractivity contribution in [2.24, 2.45) is 0 Å². The van der Waals surface area contributed by atoms with E-state index in [1.54, 1.807) is 0 Å². The van der Waals surface area contributed by atoms with Gasteiger partial charge in [0, 0.05) is 37.2 Å². The van der Waals surface area contributed by atoms with Gasteiger partial charge in [0.25, 0.3) is 0 Å². The Bertz CT molecular complexity index is 1760. The molecule has 1 atom stereocenters. The number of aromatic nitrogens is 3. The molecule has 0 spiro atoms. The van der Waals surface area contributed by atoms with Gasteiger partial charge in [0.05, 0.1) is 37.1 Å². The first-order valence-electron chi connectivity index (χ1n) is 16.2. The van der Waals surface area contributed by atoms with Crippen LogP contribution in [0.1, 0.15) is 72.0 Å². The van der Waals surface area contributed by atoms with Crippen molar-refractivity contribution >= 4 is 17.3 Å². The quantitative estimate of drug-likeness (QED) is 0.152. The van der Waals surface area contributed by atoms with Crippen molar-refractivity contribution in [1.29, 1.82) is 0 Å². The molecule has 6 rings (SSSR count). The predicted molar refractivity (Wildman–Crippen MR) is 185 cm³/mol. The highest BCUT2D eigenvalue weighted by atomic mass is 16.5. The summed E-state index contributed by atoms with van der Waals surface area (Å²) in [6, 6.07) is 28.9. The molecule has 7 nitrogen and oxygen atoms in total. The molecule has 0 bridgehead atoms. The number of carbonyl (C=O) groups excluding carboxylic acids is 1. The first kappa shape index (κ1) is 31.1. The van der Waals surface area contributed by atoms with Crippen molar-refractivity contribution < 1.29 is 9.53 Å². The van der Waals surface area contributed by atoms with Gasteiger partial charge in [-0.1, -0.05) is 68.4 Å². The van der Waals surface area contributed by atoms with Crippen LogP contribution >= 0.6 is 0 Å². The standard InChI is InChI=1S/C39H43N5O2/c1-28(2)37-20-19-33(23-40-37)44(26-31-22-41-43(25-31)24-30-13-8-14-32(21-30)42(3)4)39(45)36-17-9-16-35-34(36)15-10-18-38(35)46-27-29-11-6-5-7-12-29/h5-8,10-15,18-23,25,28,36H,9,16-17,24,26-27H2,1-4H3. The lowest BCUT2D eigenvalue weighted by Gasteiger charge is -2.31. The molecule has 0 N–H and O–H groups in total. The molecule has 2 aromatic heterocycles. The molecule has 1 aliphatic carbocycles. The van der Waals surface area contributed by atoms with Gasteiger partial charge in [-0.15, -0.1) is 0 Å². The minimum Gasteiger partial charge on any atom is -0.489 e. The second kappa shape index (κ2) is 14.0. The molecule has 236 valence electrons. The fourth-order valence-corrected chi connectivity index (χ4v) is 6.20. The Hall–Kier alpha value is -4.91. The number of benzene rings is 3. The number of rotatable bonds is 11. The maximum absolute atomic E-state index is 14.6. The summed E-state index contributed by atoms with van der Waals surface area (Å²) in [5.74, 6) is 0.985. The van der Waals surface area contributed by atoms with Gasteiger partial charge >= 0.3 is 0 Å². The summed E-state index contributed by atoms with van der Waals surface area (Å²) in [7, 11) is 4.09. The third-order valence-electron chi connectivity index (χ3n) is 8.74. The van der Waals surface area contributed by atoms with Gasteiger partial charge < -0.3 is 14.5 Å². The second-order valence-electron chi connectivity index (χ2n) is 12.7. The average Bonchev–Trinajstić information content (AvgIpc) is 3.52. The van der Waals surface area contributed by atoms with Gasteiger partial charge in [-0.3, -0.25) is 14.5 Å². The van der Waals surface area contributed by atoms with E-state index in [4.69, 9.17) is 9.72 Å². The molecular weight excluding hydrogens is 570 g/mol. The van der Waals surface area contributed by atoms with Crippen molar-refractivity contribution in [3.8, 4) is 5.75 Å². The van der Waals surface area contributed by atoms with Crippen LogP contribution in [-0.2, 0) is 30.9 Å². The van der Waals surface area contributed by atoms with Crippen LogP contribution in [0.2, 0.25) is 0 Å². The molecule has 3 aromatic carbocycles. The number of amides is 1. The Labute approximate surface area is 272 Å². The maximum Gasteiger partial charge on any atom is 0.234 e. The minimum absolute atomic E-state index is 0.0756. The van der Waals surface area contributed by atoms with Crippen molar-refractivity contribution in [3.63, 3.8) is 0 Å².